The number of nitrogens with zero attached hydrogens (tertiary/aromatic N) is 1. The summed E-state index contributed by atoms with van der Waals surface area (Å²) in [5, 5.41) is 6.59. The number of nitrogens with one attached hydrogen (secondary N) is 2. The molecule has 3 saturated heterocycles. The standard InChI is InChI=1S/C20H27N3O3.ClH/c24-19(12-14-10-17-4-5-18(11-14)21-17)22-16-3-1-2-15(13-16)20(25)23-6-8-26-9-7-23;/h1-3,13-14,17-18,21H,4-12H2,(H,22,24);1H. The molecule has 7 heteroatoms. The second-order valence-corrected chi connectivity index (χ2v) is 7.71. The minimum absolute atomic E-state index is 0. The van der Waals surface area contributed by atoms with Gasteiger partial charge in [0.1, 0.15) is 0 Å². The van der Waals surface area contributed by atoms with Crippen LogP contribution in [0.15, 0.2) is 24.3 Å². The number of benzene rings is 1. The molecule has 2 atom stereocenters. The highest BCUT2D eigenvalue weighted by Gasteiger charge is 2.34. The zero-order valence-electron chi connectivity index (χ0n) is 15.5. The molecule has 2 amide bonds. The summed E-state index contributed by atoms with van der Waals surface area (Å²) in [6.07, 6.45) is 5.25. The number of hydrogen-bond acceptors (Lipinski definition) is 4. The van der Waals surface area contributed by atoms with Crippen molar-refractivity contribution in [3.63, 3.8) is 0 Å². The Balaban J connectivity index is 0.00000210. The van der Waals surface area contributed by atoms with Crippen molar-refractivity contribution in [2.75, 3.05) is 31.6 Å². The number of piperidine rings is 1. The number of amides is 2. The predicted molar refractivity (Wildman–Crippen MR) is 106 cm³/mol. The first kappa shape index (κ1) is 20.1. The molecule has 6 nitrogen and oxygen atoms in total. The third kappa shape index (κ3) is 5.00. The van der Waals surface area contributed by atoms with Crippen molar-refractivity contribution < 1.29 is 14.3 Å². The maximum atomic E-state index is 12.6. The van der Waals surface area contributed by atoms with Crippen molar-refractivity contribution in [2.45, 2.75) is 44.2 Å². The molecular weight excluding hydrogens is 366 g/mol. The van der Waals surface area contributed by atoms with Crippen molar-refractivity contribution in [1.29, 1.82) is 0 Å². The monoisotopic (exact) mass is 393 g/mol. The van der Waals surface area contributed by atoms with Gasteiger partial charge in [0, 0.05) is 42.8 Å². The Kier molecular flexibility index (Phi) is 6.73. The fourth-order valence-electron chi connectivity index (χ4n) is 4.49. The average molecular weight is 394 g/mol. The van der Waals surface area contributed by atoms with Crippen LogP contribution in [0.1, 0.15) is 42.5 Å². The molecular formula is C20H28ClN3O3. The second-order valence-electron chi connectivity index (χ2n) is 7.71. The molecule has 0 aromatic heterocycles. The van der Waals surface area contributed by atoms with E-state index in [-0.39, 0.29) is 24.2 Å². The number of fused-ring (bicyclic) bond motifs is 2. The highest BCUT2D eigenvalue weighted by atomic mass is 35.5. The largest absolute Gasteiger partial charge is 0.378 e. The molecule has 2 bridgehead atoms. The van der Waals surface area contributed by atoms with Crippen LogP contribution < -0.4 is 10.6 Å². The SMILES string of the molecule is Cl.O=C(CC1CC2CCC(C1)N2)Nc1cccc(C(=O)N2CCOCC2)c1. The van der Waals surface area contributed by atoms with E-state index in [2.05, 4.69) is 10.6 Å². The van der Waals surface area contributed by atoms with Gasteiger partial charge < -0.3 is 20.3 Å². The molecule has 0 radical (unpaired) electrons. The molecule has 0 spiro atoms. The lowest BCUT2D eigenvalue weighted by Gasteiger charge is -2.28. The molecule has 3 aliphatic rings. The summed E-state index contributed by atoms with van der Waals surface area (Å²) in [6.45, 7) is 2.40. The van der Waals surface area contributed by atoms with E-state index in [0.29, 0.717) is 62.0 Å². The first-order chi connectivity index (χ1) is 12.7. The zero-order valence-corrected chi connectivity index (χ0v) is 16.3. The van der Waals surface area contributed by atoms with Crippen LogP contribution in [0.25, 0.3) is 0 Å². The van der Waals surface area contributed by atoms with Crippen molar-refractivity contribution in [2.24, 2.45) is 5.92 Å². The van der Waals surface area contributed by atoms with Crippen LogP contribution in [0.5, 0.6) is 0 Å². The Bertz CT molecular complexity index is 666. The number of carbonyl (C=O) groups excluding carboxylic acids is 2. The molecule has 2 N–H and O–H groups in total. The van der Waals surface area contributed by atoms with Gasteiger partial charge in [-0.2, -0.15) is 0 Å². The predicted octanol–water partition coefficient (Wildman–Crippen LogP) is 2.44. The van der Waals surface area contributed by atoms with E-state index in [1.54, 1.807) is 17.0 Å². The van der Waals surface area contributed by atoms with Crippen LogP contribution in [0.3, 0.4) is 0 Å². The summed E-state index contributed by atoms with van der Waals surface area (Å²) in [5.41, 5.74) is 1.32. The molecule has 4 rings (SSSR count). The summed E-state index contributed by atoms with van der Waals surface area (Å²) in [5.74, 6) is 0.513. The first-order valence-electron chi connectivity index (χ1n) is 9.70. The van der Waals surface area contributed by atoms with Crippen LogP contribution in [0.2, 0.25) is 0 Å². The fraction of sp³-hybridized carbons (Fsp3) is 0.600. The number of hydrogen-bond donors (Lipinski definition) is 2. The Morgan fingerprint density at radius 1 is 1.15 bits per heavy atom. The van der Waals surface area contributed by atoms with Crippen LogP contribution in [0.4, 0.5) is 5.69 Å². The Labute approximate surface area is 166 Å². The molecule has 3 fully saturated rings. The van der Waals surface area contributed by atoms with E-state index in [1.165, 1.54) is 12.8 Å². The Morgan fingerprint density at radius 3 is 2.56 bits per heavy atom. The quantitative estimate of drug-likeness (QED) is 0.824. The van der Waals surface area contributed by atoms with Gasteiger partial charge in [0.2, 0.25) is 5.91 Å². The van der Waals surface area contributed by atoms with Gasteiger partial charge in [-0.3, -0.25) is 9.59 Å². The first-order valence-corrected chi connectivity index (χ1v) is 9.70. The molecule has 0 aliphatic carbocycles. The van der Waals surface area contributed by atoms with Crippen LogP contribution in [-0.2, 0) is 9.53 Å². The zero-order chi connectivity index (χ0) is 17.9. The lowest BCUT2D eigenvalue weighted by molar-refractivity contribution is -0.117. The second kappa shape index (κ2) is 9.04. The van der Waals surface area contributed by atoms with Crippen LogP contribution in [0, 0.1) is 5.92 Å². The lowest BCUT2D eigenvalue weighted by atomic mass is 9.89. The smallest absolute Gasteiger partial charge is 0.254 e. The number of rotatable bonds is 4. The number of ether oxygens (including phenoxy) is 1. The molecule has 27 heavy (non-hydrogen) atoms. The Hall–Kier alpha value is -1.63. The van der Waals surface area contributed by atoms with Gasteiger partial charge in [0.05, 0.1) is 13.2 Å². The van der Waals surface area contributed by atoms with Gasteiger partial charge >= 0.3 is 0 Å². The average Bonchev–Trinajstić information content (AvgIpc) is 3.00. The van der Waals surface area contributed by atoms with Gasteiger partial charge in [0.15, 0.2) is 0 Å². The third-order valence-corrected chi connectivity index (χ3v) is 5.74. The minimum atomic E-state index is -0.000621. The van der Waals surface area contributed by atoms with Crippen molar-refractivity contribution in [3.05, 3.63) is 29.8 Å². The topological polar surface area (TPSA) is 70.7 Å². The Morgan fingerprint density at radius 2 is 1.85 bits per heavy atom. The van der Waals surface area contributed by atoms with Crippen LogP contribution >= 0.6 is 12.4 Å². The summed E-state index contributed by atoms with van der Waals surface area (Å²) in [4.78, 5) is 26.8. The molecule has 0 saturated carbocycles. The van der Waals surface area contributed by atoms with E-state index >= 15 is 0 Å². The van der Waals surface area contributed by atoms with Crippen LogP contribution in [-0.4, -0.2) is 55.1 Å². The van der Waals surface area contributed by atoms with E-state index in [9.17, 15) is 9.59 Å². The van der Waals surface area contributed by atoms with Gasteiger partial charge in [-0.1, -0.05) is 6.07 Å². The van der Waals surface area contributed by atoms with E-state index < -0.39 is 0 Å². The van der Waals surface area contributed by atoms with E-state index in [0.717, 1.165) is 12.8 Å². The fourth-order valence-corrected chi connectivity index (χ4v) is 4.49. The van der Waals surface area contributed by atoms with Gasteiger partial charge in [-0.25, -0.2) is 0 Å². The number of anilines is 1. The molecule has 3 aliphatic heterocycles. The van der Waals surface area contributed by atoms with Crippen molar-refractivity contribution in [3.8, 4) is 0 Å². The van der Waals surface area contributed by atoms with Crippen molar-refractivity contribution in [1.82, 2.24) is 10.2 Å². The summed E-state index contributed by atoms with van der Waals surface area (Å²) < 4.78 is 5.30. The van der Waals surface area contributed by atoms with E-state index in [1.807, 2.05) is 12.1 Å². The number of morpholine rings is 1. The summed E-state index contributed by atoms with van der Waals surface area (Å²) in [6, 6.07) is 8.45. The molecule has 3 heterocycles. The summed E-state index contributed by atoms with van der Waals surface area (Å²) >= 11 is 0. The van der Waals surface area contributed by atoms with Gasteiger partial charge in [0.25, 0.3) is 5.91 Å². The highest BCUT2D eigenvalue weighted by Crippen LogP contribution is 2.32. The minimum Gasteiger partial charge on any atom is -0.378 e. The third-order valence-electron chi connectivity index (χ3n) is 5.74. The van der Waals surface area contributed by atoms with E-state index in [4.69, 9.17) is 4.74 Å². The highest BCUT2D eigenvalue weighted by molar-refractivity contribution is 5.97. The van der Waals surface area contributed by atoms with Gasteiger partial charge in [-0.15, -0.1) is 12.4 Å². The molecule has 2 unspecified atom stereocenters. The molecule has 1 aromatic rings. The number of halogens is 1. The summed E-state index contributed by atoms with van der Waals surface area (Å²) in [7, 11) is 0. The normalized spacial score (nSPS) is 27.0. The van der Waals surface area contributed by atoms with Crippen molar-refractivity contribution >= 4 is 29.9 Å². The maximum Gasteiger partial charge on any atom is 0.254 e. The lowest BCUT2D eigenvalue weighted by Crippen LogP contribution is -2.40. The van der Waals surface area contributed by atoms with Gasteiger partial charge in [-0.05, 0) is 49.8 Å². The molecule has 1 aromatic carbocycles. The number of carbonyl (C=O) groups is 2. The molecule has 148 valence electrons. The maximum absolute atomic E-state index is 12.6.